The van der Waals surface area contributed by atoms with E-state index in [0.717, 1.165) is 24.3 Å². The summed E-state index contributed by atoms with van der Waals surface area (Å²) in [6, 6.07) is 13.0. The number of nitro groups is 1. The first kappa shape index (κ1) is 20.1. The molecule has 0 spiro atoms. The van der Waals surface area contributed by atoms with Gasteiger partial charge in [-0.05, 0) is 44.0 Å². The standard InChI is InChI=1S/C23H25N3O4/c1-16-5-8-21(29-2)18(14-16)23(9-12-30-13-10-23)15-25-19-6-7-20(26(27)28)17-4-3-11-24-22(17)19/h3-8,11,14,25H,9-10,12-13,15H2,1-2H3. The summed E-state index contributed by atoms with van der Waals surface area (Å²) < 4.78 is 11.3. The fourth-order valence-electron chi connectivity index (χ4n) is 4.26. The van der Waals surface area contributed by atoms with E-state index < -0.39 is 0 Å². The summed E-state index contributed by atoms with van der Waals surface area (Å²) in [7, 11) is 1.70. The van der Waals surface area contributed by atoms with Crippen molar-refractivity contribution in [2.24, 2.45) is 0 Å². The van der Waals surface area contributed by atoms with E-state index >= 15 is 0 Å². The van der Waals surface area contributed by atoms with Crippen LogP contribution in [0.4, 0.5) is 11.4 Å². The van der Waals surface area contributed by atoms with Crippen LogP contribution >= 0.6 is 0 Å². The van der Waals surface area contributed by atoms with Crippen LogP contribution in [0.1, 0.15) is 24.0 Å². The highest BCUT2D eigenvalue weighted by Crippen LogP contribution is 2.41. The number of ether oxygens (including phenoxy) is 2. The Hall–Kier alpha value is -3.19. The predicted molar refractivity (Wildman–Crippen MR) is 116 cm³/mol. The van der Waals surface area contributed by atoms with Crippen molar-refractivity contribution in [1.82, 2.24) is 4.98 Å². The van der Waals surface area contributed by atoms with Crippen molar-refractivity contribution in [1.29, 1.82) is 0 Å². The molecule has 1 saturated heterocycles. The smallest absolute Gasteiger partial charge is 0.278 e. The highest BCUT2D eigenvalue weighted by molar-refractivity contribution is 5.96. The summed E-state index contributed by atoms with van der Waals surface area (Å²) in [4.78, 5) is 15.4. The molecular formula is C23H25N3O4. The summed E-state index contributed by atoms with van der Waals surface area (Å²) in [5.74, 6) is 0.871. The summed E-state index contributed by atoms with van der Waals surface area (Å²) >= 11 is 0. The molecule has 0 aliphatic carbocycles. The lowest BCUT2D eigenvalue weighted by Crippen LogP contribution is -2.40. The molecule has 1 aliphatic rings. The molecule has 1 fully saturated rings. The van der Waals surface area contributed by atoms with E-state index in [1.54, 1.807) is 31.5 Å². The largest absolute Gasteiger partial charge is 0.496 e. The van der Waals surface area contributed by atoms with Crippen LogP contribution in [0.2, 0.25) is 0 Å². The summed E-state index contributed by atoms with van der Waals surface area (Å²) in [6.45, 7) is 4.09. The van der Waals surface area contributed by atoms with Gasteiger partial charge in [0, 0.05) is 43.0 Å². The average Bonchev–Trinajstić information content (AvgIpc) is 2.78. The number of methoxy groups -OCH3 is 1. The van der Waals surface area contributed by atoms with Crippen LogP contribution in [0.15, 0.2) is 48.7 Å². The minimum atomic E-state index is -0.370. The van der Waals surface area contributed by atoms with Crippen LogP contribution in [0.25, 0.3) is 10.9 Å². The Morgan fingerprint density at radius 2 is 2.03 bits per heavy atom. The van der Waals surface area contributed by atoms with Crippen LogP contribution < -0.4 is 10.1 Å². The van der Waals surface area contributed by atoms with Gasteiger partial charge in [-0.2, -0.15) is 0 Å². The molecular weight excluding hydrogens is 382 g/mol. The maximum absolute atomic E-state index is 11.4. The highest BCUT2D eigenvalue weighted by Gasteiger charge is 2.37. The molecule has 1 N–H and O–H groups in total. The minimum absolute atomic E-state index is 0.0600. The Labute approximate surface area is 175 Å². The van der Waals surface area contributed by atoms with Crippen molar-refractivity contribution in [3.05, 3.63) is 69.9 Å². The van der Waals surface area contributed by atoms with Crippen LogP contribution in [0, 0.1) is 17.0 Å². The first-order chi connectivity index (χ1) is 14.5. The second kappa shape index (κ2) is 8.28. The van der Waals surface area contributed by atoms with Gasteiger partial charge in [-0.1, -0.05) is 17.7 Å². The van der Waals surface area contributed by atoms with Crippen molar-refractivity contribution in [2.75, 3.05) is 32.2 Å². The van der Waals surface area contributed by atoms with Gasteiger partial charge in [-0.3, -0.25) is 15.1 Å². The first-order valence-corrected chi connectivity index (χ1v) is 10.0. The number of aromatic nitrogens is 1. The molecule has 1 aromatic heterocycles. The van der Waals surface area contributed by atoms with Gasteiger partial charge in [0.15, 0.2) is 0 Å². The molecule has 4 rings (SSSR count). The van der Waals surface area contributed by atoms with Gasteiger partial charge in [0.2, 0.25) is 0 Å². The maximum atomic E-state index is 11.4. The highest BCUT2D eigenvalue weighted by atomic mass is 16.6. The van der Waals surface area contributed by atoms with E-state index in [2.05, 4.69) is 29.4 Å². The van der Waals surface area contributed by atoms with Gasteiger partial charge in [-0.15, -0.1) is 0 Å². The SMILES string of the molecule is COc1ccc(C)cc1C1(CNc2ccc([N+](=O)[O-])c3cccnc23)CCOCC1. The Morgan fingerprint density at radius 1 is 1.23 bits per heavy atom. The van der Waals surface area contributed by atoms with Gasteiger partial charge < -0.3 is 14.8 Å². The number of benzene rings is 2. The van der Waals surface area contributed by atoms with Gasteiger partial charge in [0.25, 0.3) is 5.69 Å². The topological polar surface area (TPSA) is 86.5 Å². The predicted octanol–water partition coefficient (Wildman–Crippen LogP) is 4.62. The van der Waals surface area contributed by atoms with Crippen LogP contribution in [-0.4, -0.2) is 36.8 Å². The van der Waals surface area contributed by atoms with E-state index in [4.69, 9.17) is 9.47 Å². The minimum Gasteiger partial charge on any atom is -0.496 e. The molecule has 2 heterocycles. The number of non-ortho nitro benzene ring substituents is 1. The number of fused-ring (bicyclic) bond motifs is 1. The number of rotatable bonds is 6. The molecule has 0 unspecified atom stereocenters. The fraction of sp³-hybridized carbons (Fsp3) is 0.348. The number of nitrogens with one attached hydrogen (secondary N) is 1. The zero-order chi connectivity index (χ0) is 21.1. The quantitative estimate of drug-likeness (QED) is 0.474. The number of aryl methyl sites for hydroxylation is 1. The second-order valence-electron chi connectivity index (χ2n) is 7.74. The third kappa shape index (κ3) is 3.68. The van der Waals surface area contributed by atoms with Crippen molar-refractivity contribution < 1.29 is 14.4 Å². The van der Waals surface area contributed by atoms with Gasteiger partial charge in [-0.25, -0.2) is 0 Å². The molecule has 1 aliphatic heterocycles. The Kier molecular flexibility index (Phi) is 5.55. The number of hydrogen-bond acceptors (Lipinski definition) is 6. The molecule has 0 amide bonds. The van der Waals surface area contributed by atoms with Gasteiger partial charge >= 0.3 is 0 Å². The molecule has 3 aromatic rings. The molecule has 2 aromatic carbocycles. The van der Waals surface area contributed by atoms with Crippen molar-refractivity contribution in [2.45, 2.75) is 25.2 Å². The summed E-state index contributed by atoms with van der Waals surface area (Å²) in [5, 5.41) is 15.5. The number of nitro benzene ring substituents is 1. The lowest BCUT2D eigenvalue weighted by molar-refractivity contribution is -0.383. The third-order valence-corrected chi connectivity index (χ3v) is 5.94. The summed E-state index contributed by atoms with van der Waals surface area (Å²) in [6.07, 6.45) is 3.38. The molecule has 0 radical (unpaired) electrons. The van der Waals surface area contributed by atoms with E-state index in [-0.39, 0.29) is 16.0 Å². The molecule has 0 saturated carbocycles. The van der Waals surface area contributed by atoms with Crippen LogP contribution in [0.5, 0.6) is 5.75 Å². The molecule has 0 bridgehead atoms. The number of anilines is 1. The van der Waals surface area contributed by atoms with E-state index in [1.165, 1.54) is 17.2 Å². The fourth-order valence-corrected chi connectivity index (χ4v) is 4.26. The maximum Gasteiger partial charge on any atom is 0.278 e. The number of pyridine rings is 1. The van der Waals surface area contributed by atoms with Crippen molar-refractivity contribution >= 4 is 22.3 Å². The Bertz CT molecular complexity index is 1080. The lowest BCUT2D eigenvalue weighted by Gasteiger charge is -2.39. The molecule has 0 atom stereocenters. The number of hydrogen-bond donors (Lipinski definition) is 1. The summed E-state index contributed by atoms with van der Waals surface area (Å²) in [5.41, 5.74) is 3.63. The molecule has 7 nitrogen and oxygen atoms in total. The molecule has 7 heteroatoms. The van der Waals surface area contributed by atoms with Crippen LogP contribution in [0.3, 0.4) is 0 Å². The van der Waals surface area contributed by atoms with Crippen molar-refractivity contribution in [3.63, 3.8) is 0 Å². The molecule has 30 heavy (non-hydrogen) atoms. The zero-order valence-electron chi connectivity index (χ0n) is 17.2. The average molecular weight is 407 g/mol. The first-order valence-electron chi connectivity index (χ1n) is 10.0. The van der Waals surface area contributed by atoms with E-state index in [0.29, 0.717) is 30.7 Å². The number of nitrogens with zero attached hydrogens (tertiary/aromatic N) is 2. The lowest BCUT2D eigenvalue weighted by atomic mass is 9.73. The van der Waals surface area contributed by atoms with Crippen LogP contribution in [-0.2, 0) is 10.2 Å². The van der Waals surface area contributed by atoms with E-state index in [1.807, 2.05) is 6.07 Å². The monoisotopic (exact) mass is 407 g/mol. The normalized spacial score (nSPS) is 15.7. The molecule has 156 valence electrons. The van der Waals surface area contributed by atoms with Gasteiger partial charge in [0.05, 0.1) is 23.1 Å². The third-order valence-electron chi connectivity index (χ3n) is 5.94. The Balaban J connectivity index is 1.72. The second-order valence-corrected chi connectivity index (χ2v) is 7.74. The Morgan fingerprint density at radius 3 is 2.77 bits per heavy atom. The van der Waals surface area contributed by atoms with E-state index in [9.17, 15) is 10.1 Å². The zero-order valence-corrected chi connectivity index (χ0v) is 17.2. The van der Waals surface area contributed by atoms with Gasteiger partial charge in [0.1, 0.15) is 11.3 Å². The van der Waals surface area contributed by atoms with Crippen molar-refractivity contribution in [3.8, 4) is 5.75 Å².